The predicted molar refractivity (Wildman–Crippen MR) is 45.6 cm³/mol. The maximum absolute atomic E-state index is 12.4. The molecule has 1 aromatic heterocycles. The van der Waals surface area contributed by atoms with E-state index < -0.39 is 11.7 Å². The number of aryl methyl sites for hydroxylation is 1. The van der Waals surface area contributed by atoms with Crippen molar-refractivity contribution in [2.75, 3.05) is 0 Å². The maximum Gasteiger partial charge on any atom is 0.420 e. The minimum Gasteiger partial charge on any atom is -0.265 e. The van der Waals surface area contributed by atoms with Gasteiger partial charge in [0.15, 0.2) is 0 Å². The van der Waals surface area contributed by atoms with Crippen molar-refractivity contribution < 1.29 is 13.2 Å². The fourth-order valence-electron chi connectivity index (χ4n) is 1.24. The Balaban J connectivity index is 3.03. The third-order valence-electron chi connectivity index (χ3n) is 1.72. The van der Waals surface area contributed by atoms with Crippen LogP contribution in [0.5, 0.6) is 0 Å². The Labute approximate surface area is 80.7 Å². The van der Waals surface area contributed by atoms with E-state index in [1.807, 2.05) is 13.8 Å². The summed E-state index contributed by atoms with van der Waals surface area (Å²) < 4.78 is 38.4. The molecule has 1 aromatic rings. The molecule has 0 N–H and O–H groups in total. The van der Waals surface area contributed by atoms with Gasteiger partial charge in [-0.15, -0.1) is 0 Å². The van der Waals surface area contributed by atoms with Crippen molar-refractivity contribution in [2.45, 2.75) is 26.4 Å². The number of nitrogens with zero attached hydrogens (tertiary/aromatic N) is 2. The lowest BCUT2D eigenvalue weighted by molar-refractivity contribution is -0.138. The van der Waals surface area contributed by atoms with Gasteiger partial charge in [0.25, 0.3) is 0 Å². The Kier molecular flexibility index (Phi) is 2.87. The Morgan fingerprint density at radius 3 is 2.43 bits per heavy atom. The predicted octanol–water partition coefficient (Wildman–Crippen LogP) is 2.44. The van der Waals surface area contributed by atoms with Gasteiger partial charge < -0.3 is 0 Å². The van der Waals surface area contributed by atoms with Gasteiger partial charge in [0, 0.05) is 7.05 Å². The normalized spacial score (nSPS) is 12.5. The summed E-state index contributed by atoms with van der Waals surface area (Å²) in [4.78, 5) is 0. The van der Waals surface area contributed by atoms with E-state index in [1.165, 1.54) is 7.05 Å². The molecule has 0 unspecified atom stereocenters. The molecule has 1 heterocycles. The summed E-state index contributed by atoms with van der Waals surface area (Å²) >= 11 is 0. The summed E-state index contributed by atoms with van der Waals surface area (Å²) in [5, 5.41) is 3.76. The van der Waals surface area contributed by atoms with Gasteiger partial charge in [-0.25, -0.2) is 0 Å². The second-order valence-corrected chi connectivity index (χ2v) is 3.65. The first kappa shape index (κ1) is 11.1. The van der Waals surface area contributed by atoms with Crippen LogP contribution >= 0.6 is 0 Å². The van der Waals surface area contributed by atoms with E-state index in [1.54, 1.807) is 0 Å². The Morgan fingerprint density at radius 1 is 1.43 bits per heavy atom. The molecule has 0 saturated carbocycles. The minimum absolute atomic E-state index is 0.0787. The van der Waals surface area contributed by atoms with Crippen LogP contribution < -0.4 is 0 Å². The highest BCUT2D eigenvalue weighted by atomic mass is 19.4. The molecular formula is C9H12F3N2. The van der Waals surface area contributed by atoms with Crippen molar-refractivity contribution in [2.24, 2.45) is 13.0 Å². The quantitative estimate of drug-likeness (QED) is 0.725. The van der Waals surface area contributed by atoms with E-state index in [4.69, 9.17) is 0 Å². The van der Waals surface area contributed by atoms with Crippen LogP contribution in [0.2, 0.25) is 0 Å². The average Bonchev–Trinajstić information content (AvgIpc) is 2.28. The second kappa shape index (κ2) is 3.63. The molecule has 14 heavy (non-hydrogen) atoms. The van der Waals surface area contributed by atoms with Crippen LogP contribution in [0.1, 0.15) is 25.1 Å². The van der Waals surface area contributed by atoms with E-state index >= 15 is 0 Å². The molecule has 0 atom stereocenters. The Bertz CT molecular complexity index is 312. The van der Waals surface area contributed by atoms with Crippen LogP contribution in [0.4, 0.5) is 13.2 Å². The zero-order chi connectivity index (χ0) is 10.9. The fraction of sp³-hybridized carbons (Fsp3) is 0.667. The molecule has 0 bridgehead atoms. The molecule has 79 valence electrons. The molecule has 1 radical (unpaired) electrons. The number of hydrogen-bond donors (Lipinski definition) is 0. The van der Waals surface area contributed by atoms with Gasteiger partial charge in [-0.2, -0.15) is 18.3 Å². The second-order valence-electron chi connectivity index (χ2n) is 3.65. The minimum atomic E-state index is -4.35. The molecule has 0 aliphatic heterocycles. The first-order valence-corrected chi connectivity index (χ1v) is 4.33. The first-order valence-electron chi connectivity index (χ1n) is 4.33. The van der Waals surface area contributed by atoms with Crippen LogP contribution in [0.15, 0.2) is 0 Å². The van der Waals surface area contributed by atoms with Crippen molar-refractivity contribution in [1.29, 1.82) is 0 Å². The molecule has 0 aliphatic carbocycles. The Morgan fingerprint density at radius 2 is 2.00 bits per heavy atom. The zero-order valence-electron chi connectivity index (χ0n) is 8.31. The van der Waals surface area contributed by atoms with E-state index in [0.29, 0.717) is 6.42 Å². The molecule has 0 aliphatic rings. The molecule has 1 rings (SSSR count). The van der Waals surface area contributed by atoms with Gasteiger partial charge in [-0.1, -0.05) is 13.8 Å². The van der Waals surface area contributed by atoms with Gasteiger partial charge in [0.2, 0.25) is 0 Å². The number of hydrogen-bond acceptors (Lipinski definition) is 1. The fourth-order valence-corrected chi connectivity index (χ4v) is 1.24. The van der Waals surface area contributed by atoms with Crippen molar-refractivity contribution in [1.82, 2.24) is 9.78 Å². The van der Waals surface area contributed by atoms with Gasteiger partial charge >= 0.3 is 6.18 Å². The van der Waals surface area contributed by atoms with E-state index in [-0.39, 0.29) is 11.6 Å². The molecule has 5 heteroatoms. The number of halogens is 3. The van der Waals surface area contributed by atoms with Crippen molar-refractivity contribution >= 4 is 0 Å². The molecule has 0 saturated heterocycles. The number of aromatic nitrogens is 2. The lowest BCUT2D eigenvalue weighted by Crippen LogP contribution is -2.09. The highest BCUT2D eigenvalue weighted by Crippen LogP contribution is 2.31. The zero-order valence-corrected chi connectivity index (χ0v) is 8.31. The Hall–Kier alpha value is -1.00. The van der Waals surface area contributed by atoms with Gasteiger partial charge in [-0.05, 0) is 12.3 Å². The third kappa shape index (κ3) is 2.49. The van der Waals surface area contributed by atoms with Gasteiger partial charge in [0.05, 0.1) is 11.9 Å². The van der Waals surface area contributed by atoms with Crippen LogP contribution in [0.3, 0.4) is 0 Å². The maximum atomic E-state index is 12.4. The van der Waals surface area contributed by atoms with E-state index in [0.717, 1.165) is 4.68 Å². The summed E-state index contributed by atoms with van der Waals surface area (Å²) in [5.41, 5.74) is -0.663. The molecular weight excluding hydrogens is 193 g/mol. The van der Waals surface area contributed by atoms with Gasteiger partial charge in [0.1, 0.15) is 5.56 Å². The monoisotopic (exact) mass is 205 g/mol. The third-order valence-corrected chi connectivity index (χ3v) is 1.72. The summed E-state index contributed by atoms with van der Waals surface area (Å²) in [7, 11) is 1.44. The topological polar surface area (TPSA) is 17.8 Å². The summed E-state index contributed by atoms with van der Waals surface area (Å²) in [5.74, 6) is 0.152. The van der Waals surface area contributed by atoms with Crippen LogP contribution in [-0.2, 0) is 19.6 Å². The standard InChI is InChI=1S/C9H12F3N2/c1-6(2)4-8-7(9(10,11)12)5-14(3)13-8/h6H,4H2,1-3H3. The van der Waals surface area contributed by atoms with Crippen LogP contribution in [0, 0.1) is 12.1 Å². The molecule has 0 aromatic carbocycles. The van der Waals surface area contributed by atoms with Crippen molar-refractivity contribution in [3.05, 3.63) is 17.5 Å². The summed E-state index contributed by atoms with van der Waals surface area (Å²) in [6, 6.07) is 0. The number of rotatable bonds is 2. The summed E-state index contributed by atoms with van der Waals surface area (Å²) in [6.45, 7) is 3.71. The summed E-state index contributed by atoms with van der Waals surface area (Å²) in [6.07, 6.45) is -1.85. The molecule has 0 spiro atoms. The average molecular weight is 205 g/mol. The molecule has 0 amide bonds. The molecule has 0 fully saturated rings. The van der Waals surface area contributed by atoms with Crippen LogP contribution in [-0.4, -0.2) is 9.78 Å². The van der Waals surface area contributed by atoms with E-state index in [2.05, 4.69) is 11.3 Å². The van der Waals surface area contributed by atoms with E-state index in [9.17, 15) is 13.2 Å². The first-order chi connectivity index (χ1) is 6.30. The molecule has 2 nitrogen and oxygen atoms in total. The smallest absolute Gasteiger partial charge is 0.265 e. The van der Waals surface area contributed by atoms with Crippen molar-refractivity contribution in [3.8, 4) is 0 Å². The van der Waals surface area contributed by atoms with Crippen LogP contribution in [0.25, 0.3) is 0 Å². The van der Waals surface area contributed by atoms with Gasteiger partial charge in [-0.3, -0.25) is 4.68 Å². The van der Waals surface area contributed by atoms with Crippen molar-refractivity contribution in [3.63, 3.8) is 0 Å². The SMILES string of the molecule is CC(C)Cc1nn(C)[c]c1C(F)(F)F. The highest BCUT2D eigenvalue weighted by molar-refractivity contribution is 5.19. The lowest BCUT2D eigenvalue weighted by atomic mass is 10.1. The lowest BCUT2D eigenvalue weighted by Gasteiger charge is -2.07. The number of alkyl halides is 3. The largest absolute Gasteiger partial charge is 0.420 e. The highest BCUT2D eigenvalue weighted by Gasteiger charge is 2.36.